The van der Waals surface area contributed by atoms with Gasteiger partial charge in [-0.05, 0) is 36.5 Å². The fourth-order valence-electron chi connectivity index (χ4n) is 2.43. The maximum Gasteiger partial charge on any atom is 0.0897 e. The van der Waals surface area contributed by atoms with Gasteiger partial charge in [0.05, 0.1) is 19.3 Å². The number of halogens is 1. The summed E-state index contributed by atoms with van der Waals surface area (Å²) < 4.78 is 5.52. The van der Waals surface area contributed by atoms with Crippen molar-refractivity contribution in [2.45, 2.75) is 44.9 Å². The lowest BCUT2D eigenvalue weighted by molar-refractivity contribution is 0.0285. The lowest BCUT2D eigenvalue weighted by atomic mass is 10.2. The first-order chi connectivity index (χ1) is 9.69. The molecule has 0 aromatic heterocycles. The molecular weight excluding hydrogens is 274 g/mol. The highest BCUT2D eigenvalue weighted by Crippen LogP contribution is 2.34. The van der Waals surface area contributed by atoms with E-state index < -0.39 is 6.10 Å². The van der Waals surface area contributed by atoms with Crippen molar-refractivity contribution in [1.82, 2.24) is 5.32 Å². The molecule has 1 aromatic carbocycles. The van der Waals surface area contributed by atoms with E-state index in [4.69, 9.17) is 16.3 Å². The number of hydrogen-bond acceptors (Lipinski definition) is 3. The zero-order valence-electron chi connectivity index (χ0n) is 12.0. The van der Waals surface area contributed by atoms with Gasteiger partial charge in [0.1, 0.15) is 0 Å². The van der Waals surface area contributed by atoms with E-state index in [-0.39, 0.29) is 0 Å². The van der Waals surface area contributed by atoms with Crippen LogP contribution in [-0.2, 0) is 11.3 Å². The van der Waals surface area contributed by atoms with Crippen LogP contribution in [0.5, 0.6) is 0 Å². The van der Waals surface area contributed by atoms with Crippen molar-refractivity contribution in [2.75, 3.05) is 13.2 Å². The van der Waals surface area contributed by atoms with Crippen LogP contribution < -0.4 is 5.32 Å². The maximum absolute atomic E-state index is 9.86. The van der Waals surface area contributed by atoms with E-state index in [1.165, 1.54) is 19.3 Å². The molecular formula is C16H24ClNO2. The third-order valence-corrected chi connectivity index (χ3v) is 3.94. The summed E-state index contributed by atoms with van der Waals surface area (Å²) in [5.74, 6) is 0.821. The van der Waals surface area contributed by atoms with Gasteiger partial charge in [-0.25, -0.2) is 0 Å². The van der Waals surface area contributed by atoms with Crippen LogP contribution in [0.1, 0.15) is 31.7 Å². The van der Waals surface area contributed by atoms with Crippen molar-refractivity contribution >= 4 is 11.6 Å². The van der Waals surface area contributed by atoms with Crippen LogP contribution in [0.15, 0.2) is 24.3 Å². The molecule has 0 saturated heterocycles. The monoisotopic (exact) mass is 297 g/mol. The van der Waals surface area contributed by atoms with Crippen molar-refractivity contribution in [2.24, 2.45) is 5.92 Å². The number of benzene rings is 1. The summed E-state index contributed by atoms with van der Waals surface area (Å²) in [6.07, 6.45) is 3.35. The van der Waals surface area contributed by atoms with Crippen LogP contribution in [0.4, 0.5) is 0 Å². The molecule has 3 atom stereocenters. The minimum Gasteiger partial charge on any atom is -0.389 e. The van der Waals surface area contributed by atoms with Crippen LogP contribution in [0.25, 0.3) is 0 Å². The highest BCUT2D eigenvalue weighted by atomic mass is 35.5. The molecule has 20 heavy (non-hydrogen) atoms. The van der Waals surface area contributed by atoms with Gasteiger partial charge in [-0.1, -0.05) is 37.1 Å². The van der Waals surface area contributed by atoms with Crippen molar-refractivity contribution < 1.29 is 9.84 Å². The van der Waals surface area contributed by atoms with E-state index in [2.05, 4.69) is 12.2 Å². The summed E-state index contributed by atoms with van der Waals surface area (Å²) in [5.41, 5.74) is 1.07. The quantitative estimate of drug-likeness (QED) is 0.736. The first-order valence-electron chi connectivity index (χ1n) is 7.42. The third-order valence-electron chi connectivity index (χ3n) is 3.69. The fraction of sp³-hybridized carbons (Fsp3) is 0.625. The maximum atomic E-state index is 9.86. The van der Waals surface area contributed by atoms with Crippen LogP contribution in [0.3, 0.4) is 0 Å². The highest BCUT2D eigenvalue weighted by molar-refractivity contribution is 6.30. The zero-order valence-corrected chi connectivity index (χ0v) is 12.8. The van der Waals surface area contributed by atoms with Crippen LogP contribution in [0.2, 0.25) is 5.02 Å². The average molecular weight is 298 g/mol. The molecule has 1 saturated carbocycles. The van der Waals surface area contributed by atoms with E-state index in [0.717, 1.165) is 16.5 Å². The van der Waals surface area contributed by atoms with Crippen LogP contribution in [-0.4, -0.2) is 30.4 Å². The number of nitrogens with one attached hydrogen (secondary N) is 1. The lowest BCUT2D eigenvalue weighted by Crippen LogP contribution is -2.32. The Morgan fingerprint density at radius 1 is 1.40 bits per heavy atom. The topological polar surface area (TPSA) is 41.5 Å². The molecule has 0 radical (unpaired) electrons. The second-order valence-corrected chi connectivity index (χ2v) is 6.03. The molecule has 1 aromatic rings. The van der Waals surface area contributed by atoms with E-state index in [0.29, 0.717) is 25.8 Å². The minimum atomic E-state index is -0.440. The number of hydrogen-bond donors (Lipinski definition) is 2. The molecule has 0 spiro atoms. The number of aliphatic hydroxyl groups is 1. The van der Waals surface area contributed by atoms with Gasteiger partial charge in [-0.3, -0.25) is 0 Å². The number of rotatable bonds is 9. The highest BCUT2D eigenvalue weighted by Gasteiger charge is 2.35. The van der Waals surface area contributed by atoms with Crippen molar-refractivity contribution in [3.63, 3.8) is 0 Å². The Labute approximate surface area is 126 Å². The van der Waals surface area contributed by atoms with Gasteiger partial charge in [0.15, 0.2) is 0 Å². The smallest absolute Gasteiger partial charge is 0.0897 e. The van der Waals surface area contributed by atoms with E-state index in [1.807, 2.05) is 24.3 Å². The van der Waals surface area contributed by atoms with Gasteiger partial charge in [0.2, 0.25) is 0 Å². The molecule has 112 valence electrons. The lowest BCUT2D eigenvalue weighted by Gasteiger charge is -2.12. The molecule has 1 aliphatic rings. The number of ether oxygens (including phenoxy) is 1. The molecule has 0 bridgehead atoms. The average Bonchev–Trinajstić information content (AvgIpc) is 3.18. The van der Waals surface area contributed by atoms with Crippen molar-refractivity contribution in [3.05, 3.63) is 34.9 Å². The van der Waals surface area contributed by atoms with Crippen LogP contribution in [0, 0.1) is 5.92 Å². The summed E-state index contributed by atoms with van der Waals surface area (Å²) >= 11 is 5.82. The molecule has 3 nitrogen and oxygen atoms in total. The molecule has 0 heterocycles. The predicted molar refractivity (Wildman–Crippen MR) is 81.9 cm³/mol. The van der Waals surface area contributed by atoms with E-state index in [9.17, 15) is 5.11 Å². The summed E-state index contributed by atoms with van der Waals surface area (Å²) in [4.78, 5) is 0. The van der Waals surface area contributed by atoms with Gasteiger partial charge in [0, 0.05) is 17.6 Å². The van der Waals surface area contributed by atoms with Crippen LogP contribution >= 0.6 is 11.6 Å². The van der Waals surface area contributed by atoms with Gasteiger partial charge in [-0.2, -0.15) is 0 Å². The van der Waals surface area contributed by atoms with Gasteiger partial charge in [-0.15, -0.1) is 0 Å². The zero-order chi connectivity index (χ0) is 14.4. The molecule has 3 unspecified atom stereocenters. The van der Waals surface area contributed by atoms with Crippen molar-refractivity contribution in [3.8, 4) is 0 Å². The van der Waals surface area contributed by atoms with E-state index in [1.54, 1.807) is 0 Å². The molecule has 1 fully saturated rings. The second kappa shape index (κ2) is 7.99. The van der Waals surface area contributed by atoms with E-state index >= 15 is 0 Å². The summed E-state index contributed by atoms with van der Waals surface area (Å²) in [6, 6.07) is 8.18. The molecule has 0 amide bonds. The Morgan fingerprint density at radius 2 is 2.15 bits per heavy atom. The second-order valence-electron chi connectivity index (χ2n) is 5.59. The number of aliphatic hydroxyl groups excluding tert-OH is 1. The summed E-state index contributed by atoms with van der Waals surface area (Å²) in [7, 11) is 0. The predicted octanol–water partition coefficient (Wildman–Crippen LogP) is 3.00. The summed E-state index contributed by atoms with van der Waals surface area (Å²) in [6.45, 7) is 3.71. The molecule has 4 heteroatoms. The molecule has 2 N–H and O–H groups in total. The van der Waals surface area contributed by atoms with Gasteiger partial charge < -0.3 is 15.2 Å². The largest absolute Gasteiger partial charge is 0.389 e. The SMILES string of the molecule is CCCC1CC1NCC(O)COCc1ccc(Cl)cc1. The fourth-order valence-corrected chi connectivity index (χ4v) is 2.55. The standard InChI is InChI=1S/C16H24ClNO2/c1-2-3-13-8-16(13)18-9-15(19)11-20-10-12-4-6-14(17)7-5-12/h4-7,13,15-16,18-19H,2-3,8-11H2,1H3. The molecule has 2 rings (SSSR count). The Morgan fingerprint density at radius 3 is 2.85 bits per heavy atom. The Bertz CT molecular complexity index is 396. The summed E-state index contributed by atoms with van der Waals surface area (Å²) in [5, 5.41) is 14.0. The molecule has 1 aliphatic carbocycles. The third kappa shape index (κ3) is 5.41. The Kier molecular flexibility index (Phi) is 6.30. The normalized spacial score (nSPS) is 22.8. The van der Waals surface area contributed by atoms with Gasteiger partial charge >= 0.3 is 0 Å². The first kappa shape index (κ1) is 15.8. The van der Waals surface area contributed by atoms with Gasteiger partial charge in [0.25, 0.3) is 0 Å². The molecule has 0 aliphatic heterocycles. The first-order valence-corrected chi connectivity index (χ1v) is 7.80. The minimum absolute atomic E-state index is 0.362. The Balaban J connectivity index is 1.54. The van der Waals surface area contributed by atoms with Crippen molar-refractivity contribution in [1.29, 1.82) is 0 Å². The Hall–Kier alpha value is -0.610.